The Kier molecular flexibility index (Phi) is 14.7. The van der Waals surface area contributed by atoms with Gasteiger partial charge in [-0.05, 0) is 50.7 Å². The maximum atomic E-state index is 13.3. The van der Waals surface area contributed by atoms with Gasteiger partial charge in [0, 0.05) is 35.8 Å². The molecule has 1 aliphatic rings. The van der Waals surface area contributed by atoms with Gasteiger partial charge in [0.1, 0.15) is 0 Å². The Morgan fingerprint density at radius 1 is 1.07 bits per heavy atom. The van der Waals surface area contributed by atoms with E-state index in [0.717, 1.165) is 43.7 Å². The quantitative estimate of drug-likeness (QED) is 0.0647. The van der Waals surface area contributed by atoms with Crippen molar-refractivity contribution in [1.82, 2.24) is 5.32 Å². The fraction of sp³-hybridized carbons (Fsp3) is 0.536. The van der Waals surface area contributed by atoms with Gasteiger partial charge in [0.2, 0.25) is 0 Å². The third-order valence-electron chi connectivity index (χ3n) is 6.05. The van der Waals surface area contributed by atoms with E-state index in [9.17, 15) is 19.7 Å². The van der Waals surface area contributed by atoms with E-state index in [-0.39, 0.29) is 30.0 Å². The molecule has 0 amide bonds. The van der Waals surface area contributed by atoms with Gasteiger partial charge in [0.25, 0.3) is 5.69 Å². The number of aliphatic imine (C=N–C) groups is 1. The lowest BCUT2D eigenvalue weighted by molar-refractivity contribution is -0.384. The van der Waals surface area contributed by atoms with Gasteiger partial charge in [-0.15, -0.1) is 0 Å². The Balaban J connectivity index is 2.24. The molecule has 0 saturated carbocycles. The van der Waals surface area contributed by atoms with Gasteiger partial charge in [0.15, 0.2) is 5.17 Å². The molecule has 40 heavy (non-hydrogen) atoms. The molecule has 0 saturated heterocycles. The van der Waals surface area contributed by atoms with E-state index in [1.54, 1.807) is 56.4 Å². The number of non-ortho nitro benzene ring substituents is 1. The number of allylic oxidation sites excluding steroid dienone is 1. The van der Waals surface area contributed by atoms with Crippen LogP contribution in [0.1, 0.15) is 64.9 Å². The molecule has 1 aromatic rings. The molecule has 10 nitrogen and oxygen atoms in total. The lowest BCUT2D eigenvalue weighted by Gasteiger charge is -2.31. The van der Waals surface area contributed by atoms with Crippen LogP contribution in [0.2, 0.25) is 0 Å². The second kappa shape index (κ2) is 17.6. The molecule has 0 fully saturated rings. The first-order chi connectivity index (χ1) is 19.2. The first-order valence-corrected chi connectivity index (χ1v) is 15.7. The number of hydrogen-bond donors (Lipinski definition) is 2. The van der Waals surface area contributed by atoms with Crippen molar-refractivity contribution in [3.8, 4) is 0 Å². The number of thioether (sulfide) groups is 2. The first-order valence-electron chi connectivity index (χ1n) is 13.5. The molecule has 1 unspecified atom stereocenters. The molecule has 0 aromatic heterocycles. The fourth-order valence-corrected chi connectivity index (χ4v) is 5.78. The van der Waals surface area contributed by atoms with Crippen LogP contribution in [-0.4, -0.2) is 59.0 Å². The second-order valence-corrected chi connectivity index (χ2v) is 11.3. The van der Waals surface area contributed by atoms with Crippen LogP contribution in [-0.2, 0) is 19.1 Å². The molecule has 3 N–H and O–H groups in total. The maximum absolute atomic E-state index is 13.3. The van der Waals surface area contributed by atoms with Crippen LogP contribution in [0.3, 0.4) is 0 Å². The maximum Gasteiger partial charge on any atom is 0.336 e. The summed E-state index contributed by atoms with van der Waals surface area (Å²) in [4.78, 5) is 41.7. The number of unbranched alkanes of at least 4 members (excludes halogenated alkanes) is 3. The minimum absolute atomic E-state index is 0.131. The number of benzene rings is 1. The van der Waals surface area contributed by atoms with Crippen LogP contribution >= 0.6 is 23.5 Å². The van der Waals surface area contributed by atoms with Crippen molar-refractivity contribution in [2.45, 2.75) is 59.3 Å². The minimum Gasteiger partial charge on any atom is -0.463 e. The van der Waals surface area contributed by atoms with Gasteiger partial charge in [-0.25, -0.2) is 9.59 Å². The number of amidine groups is 1. The number of rotatable bonds is 16. The van der Waals surface area contributed by atoms with Crippen LogP contribution < -0.4 is 11.1 Å². The number of nitrogens with one attached hydrogen (secondary N) is 1. The van der Waals surface area contributed by atoms with Crippen molar-refractivity contribution >= 4 is 46.3 Å². The van der Waals surface area contributed by atoms with Gasteiger partial charge in [-0.1, -0.05) is 43.7 Å². The predicted octanol–water partition coefficient (Wildman–Crippen LogP) is 5.30. The molecular weight excluding hydrogens is 552 g/mol. The van der Waals surface area contributed by atoms with Crippen molar-refractivity contribution in [3.63, 3.8) is 0 Å². The van der Waals surface area contributed by atoms with Gasteiger partial charge in [-0.2, -0.15) is 11.8 Å². The summed E-state index contributed by atoms with van der Waals surface area (Å²) in [7, 11) is 0. The van der Waals surface area contributed by atoms with Crippen LogP contribution in [0, 0.1) is 10.1 Å². The molecule has 1 aromatic carbocycles. The fourth-order valence-electron chi connectivity index (χ4n) is 4.32. The second-order valence-electron chi connectivity index (χ2n) is 8.90. The molecule has 0 bridgehead atoms. The zero-order valence-electron chi connectivity index (χ0n) is 23.7. The number of ether oxygens (including phenoxy) is 2. The Morgan fingerprint density at radius 2 is 1.75 bits per heavy atom. The number of carbonyl (C=O) groups is 2. The number of carbonyl (C=O) groups excluding carboxylic acids is 2. The van der Waals surface area contributed by atoms with E-state index in [2.05, 4.69) is 10.3 Å². The number of nitrogens with zero attached hydrogens (tertiary/aromatic N) is 2. The largest absolute Gasteiger partial charge is 0.463 e. The van der Waals surface area contributed by atoms with Gasteiger partial charge >= 0.3 is 11.9 Å². The summed E-state index contributed by atoms with van der Waals surface area (Å²) in [6.07, 6.45) is 4.11. The summed E-state index contributed by atoms with van der Waals surface area (Å²) >= 11 is 3.23. The number of nitro groups is 1. The van der Waals surface area contributed by atoms with E-state index in [4.69, 9.17) is 15.2 Å². The van der Waals surface area contributed by atoms with Crippen LogP contribution in [0.5, 0.6) is 0 Å². The smallest absolute Gasteiger partial charge is 0.336 e. The highest BCUT2D eigenvalue weighted by Crippen LogP contribution is 2.41. The van der Waals surface area contributed by atoms with Crippen molar-refractivity contribution in [3.05, 3.63) is 62.5 Å². The normalized spacial score (nSPS) is 15.6. The van der Waals surface area contributed by atoms with E-state index in [1.807, 2.05) is 6.92 Å². The minimum atomic E-state index is -0.867. The summed E-state index contributed by atoms with van der Waals surface area (Å²) in [5.41, 5.74) is 7.80. The molecule has 1 aliphatic heterocycles. The standard InChI is InChI=1S/C28H40N4O6S2/c1-5-37-26(33)23-19(4)31-22(18-39-16-11-9-8-10-15-30-28(29)40-7-3)25(27(34)38-6-2)24(23)20-13-12-14-21(17-20)32(35)36/h12-14,17,24,31H,5-11,15-16,18H2,1-4H3,(H2,29,30). The van der Waals surface area contributed by atoms with Crippen molar-refractivity contribution in [2.24, 2.45) is 10.7 Å². The average molecular weight is 593 g/mol. The predicted molar refractivity (Wildman–Crippen MR) is 162 cm³/mol. The molecule has 0 aliphatic carbocycles. The van der Waals surface area contributed by atoms with Crippen molar-refractivity contribution in [2.75, 3.05) is 37.0 Å². The third-order valence-corrected chi connectivity index (χ3v) is 7.84. The summed E-state index contributed by atoms with van der Waals surface area (Å²) < 4.78 is 10.7. The monoisotopic (exact) mass is 592 g/mol. The van der Waals surface area contributed by atoms with Crippen LogP contribution in [0.25, 0.3) is 0 Å². The number of dihydropyridines is 1. The van der Waals surface area contributed by atoms with Gasteiger partial charge in [-0.3, -0.25) is 15.1 Å². The molecule has 12 heteroatoms. The Bertz CT molecular complexity index is 1140. The number of hydrogen-bond acceptors (Lipinski definition) is 10. The average Bonchev–Trinajstić information content (AvgIpc) is 2.92. The Morgan fingerprint density at radius 3 is 2.40 bits per heavy atom. The van der Waals surface area contributed by atoms with Crippen molar-refractivity contribution < 1.29 is 24.0 Å². The number of nitrogens with two attached hydrogens (primary N) is 1. The summed E-state index contributed by atoms with van der Waals surface area (Å²) in [5, 5.41) is 15.4. The van der Waals surface area contributed by atoms with E-state index in [0.29, 0.717) is 27.9 Å². The zero-order valence-corrected chi connectivity index (χ0v) is 25.3. The molecule has 1 heterocycles. The summed E-state index contributed by atoms with van der Waals surface area (Å²) in [5.74, 6) is 0.263. The Hall–Kier alpha value is -2.99. The summed E-state index contributed by atoms with van der Waals surface area (Å²) in [6.45, 7) is 8.23. The Labute approximate surface area is 244 Å². The molecule has 1 atom stereocenters. The molecular formula is C28H40N4O6S2. The van der Waals surface area contributed by atoms with E-state index < -0.39 is 22.8 Å². The third kappa shape index (κ3) is 9.88. The lowest BCUT2D eigenvalue weighted by atomic mass is 9.80. The lowest BCUT2D eigenvalue weighted by Crippen LogP contribution is -2.34. The van der Waals surface area contributed by atoms with Gasteiger partial charge in [0.05, 0.1) is 35.2 Å². The molecule has 220 valence electrons. The van der Waals surface area contributed by atoms with Crippen molar-refractivity contribution in [1.29, 1.82) is 0 Å². The van der Waals surface area contributed by atoms with E-state index >= 15 is 0 Å². The molecule has 0 spiro atoms. The first kappa shape index (κ1) is 33.2. The number of esters is 2. The highest BCUT2D eigenvalue weighted by Gasteiger charge is 2.39. The van der Waals surface area contributed by atoms with Crippen LogP contribution in [0.4, 0.5) is 5.69 Å². The molecule has 0 radical (unpaired) electrons. The topological polar surface area (TPSA) is 146 Å². The summed E-state index contributed by atoms with van der Waals surface area (Å²) in [6, 6.07) is 6.00. The van der Waals surface area contributed by atoms with E-state index in [1.165, 1.54) is 12.1 Å². The number of nitro benzene ring substituents is 1. The highest BCUT2D eigenvalue weighted by molar-refractivity contribution is 8.13. The SMILES string of the molecule is CCOC(=O)C1=C(C)NC(CSCCCCCCN=C(N)SCC)=C(C(=O)OCC)C1c1cccc([N+](=O)[O-])c1. The van der Waals surface area contributed by atoms with Gasteiger partial charge < -0.3 is 20.5 Å². The highest BCUT2D eigenvalue weighted by atomic mass is 32.2. The molecule has 2 rings (SSSR count). The van der Waals surface area contributed by atoms with Crippen LogP contribution in [0.15, 0.2) is 51.8 Å². The zero-order chi connectivity index (χ0) is 29.5.